The van der Waals surface area contributed by atoms with E-state index in [1.807, 2.05) is 24.3 Å². The lowest BCUT2D eigenvalue weighted by Gasteiger charge is -2.17. The molecule has 2 aromatic rings. The van der Waals surface area contributed by atoms with E-state index in [4.69, 9.17) is 0 Å². The van der Waals surface area contributed by atoms with Crippen LogP contribution in [-0.4, -0.2) is 32.0 Å². The summed E-state index contributed by atoms with van der Waals surface area (Å²) in [6.07, 6.45) is -0.118. The van der Waals surface area contributed by atoms with Gasteiger partial charge in [0.15, 0.2) is 9.84 Å². The molecule has 2 rings (SSSR count). The van der Waals surface area contributed by atoms with Gasteiger partial charge >= 0.3 is 0 Å². The second-order valence-corrected chi connectivity index (χ2v) is 8.42. The quantitative estimate of drug-likeness (QED) is 0.681. The van der Waals surface area contributed by atoms with Gasteiger partial charge in [-0.1, -0.05) is 28.1 Å². The summed E-state index contributed by atoms with van der Waals surface area (Å²) in [5.41, 5.74) is 0.954. The molecule has 128 valence electrons. The maximum atomic E-state index is 12.9. The Morgan fingerprint density at radius 1 is 1.08 bits per heavy atom. The maximum absolute atomic E-state index is 12.9. The fourth-order valence-electron chi connectivity index (χ4n) is 2.12. The molecule has 0 saturated heterocycles. The van der Waals surface area contributed by atoms with Crippen LogP contribution < -0.4 is 0 Å². The average molecular weight is 414 g/mol. The van der Waals surface area contributed by atoms with E-state index in [1.165, 1.54) is 17.0 Å². The number of carbonyl (C=O) groups excluding carboxylic acids is 1. The van der Waals surface area contributed by atoms with Crippen LogP contribution in [0.2, 0.25) is 0 Å². The van der Waals surface area contributed by atoms with Gasteiger partial charge in [0.05, 0.1) is 10.6 Å². The normalized spacial score (nSPS) is 11.3. The minimum absolute atomic E-state index is 0.0206. The van der Waals surface area contributed by atoms with E-state index in [1.54, 1.807) is 7.05 Å². The lowest BCUT2D eigenvalue weighted by atomic mass is 10.2. The number of hydrogen-bond acceptors (Lipinski definition) is 3. The molecule has 0 heterocycles. The van der Waals surface area contributed by atoms with Crippen molar-refractivity contribution in [1.82, 2.24) is 4.90 Å². The van der Waals surface area contributed by atoms with E-state index >= 15 is 0 Å². The van der Waals surface area contributed by atoms with Crippen LogP contribution in [0, 0.1) is 5.82 Å². The maximum Gasteiger partial charge on any atom is 0.223 e. The van der Waals surface area contributed by atoms with E-state index in [-0.39, 0.29) is 23.0 Å². The number of rotatable bonds is 6. The molecule has 0 atom stereocenters. The molecule has 0 aliphatic heterocycles. The second-order valence-electron chi connectivity index (χ2n) is 5.40. The fraction of sp³-hybridized carbons (Fsp3) is 0.235. The molecule has 0 unspecified atom stereocenters. The zero-order valence-corrected chi connectivity index (χ0v) is 15.5. The Labute approximate surface area is 149 Å². The van der Waals surface area contributed by atoms with Crippen LogP contribution in [0.15, 0.2) is 57.9 Å². The molecule has 4 nitrogen and oxygen atoms in total. The summed E-state index contributed by atoms with van der Waals surface area (Å²) in [4.78, 5) is 13.6. The summed E-state index contributed by atoms with van der Waals surface area (Å²) in [6.45, 7) is 0.405. The summed E-state index contributed by atoms with van der Waals surface area (Å²) in [6, 6.07) is 12.1. The third kappa shape index (κ3) is 5.14. The molecule has 24 heavy (non-hydrogen) atoms. The summed E-state index contributed by atoms with van der Waals surface area (Å²) < 4.78 is 38.2. The molecule has 0 radical (unpaired) electrons. The van der Waals surface area contributed by atoms with Crippen molar-refractivity contribution < 1.29 is 17.6 Å². The fourth-order valence-corrected chi connectivity index (χ4v) is 3.62. The van der Waals surface area contributed by atoms with Crippen LogP contribution in [0.25, 0.3) is 0 Å². The molecule has 1 amide bonds. The molecule has 2 aromatic carbocycles. The first-order valence-corrected chi connectivity index (χ1v) is 9.69. The highest BCUT2D eigenvalue weighted by Crippen LogP contribution is 2.15. The third-order valence-corrected chi connectivity index (χ3v) is 5.78. The molecule has 7 heteroatoms. The molecule has 0 spiro atoms. The van der Waals surface area contributed by atoms with Crippen molar-refractivity contribution in [3.8, 4) is 0 Å². The highest BCUT2D eigenvalue weighted by atomic mass is 79.9. The van der Waals surface area contributed by atoms with Crippen molar-refractivity contribution in [1.29, 1.82) is 0 Å². The predicted molar refractivity (Wildman–Crippen MR) is 93.7 cm³/mol. The van der Waals surface area contributed by atoms with Gasteiger partial charge < -0.3 is 4.90 Å². The predicted octanol–water partition coefficient (Wildman–Crippen LogP) is 3.41. The molecule has 0 aliphatic carbocycles. The first kappa shape index (κ1) is 18.6. The van der Waals surface area contributed by atoms with Gasteiger partial charge in [-0.2, -0.15) is 0 Å². The second kappa shape index (κ2) is 7.90. The zero-order valence-electron chi connectivity index (χ0n) is 13.1. The Balaban J connectivity index is 1.94. The molecule has 0 saturated carbocycles. The number of hydrogen-bond donors (Lipinski definition) is 0. The van der Waals surface area contributed by atoms with E-state index in [9.17, 15) is 17.6 Å². The molecular formula is C17H17BrFNO3S. The SMILES string of the molecule is CN(Cc1ccc(Br)cc1)C(=O)CCS(=O)(=O)c1ccc(F)cc1. The van der Waals surface area contributed by atoms with E-state index in [0.717, 1.165) is 22.2 Å². The Morgan fingerprint density at radius 2 is 1.67 bits per heavy atom. The Bertz CT molecular complexity index is 805. The van der Waals surface area contributed by atoms with Gasteiger partial charge in [-0.05, 0) is 42.0 Å². The highest BCUT2D eigenvalue weighted by Gasteiger charge is 2.18. The standard InChI is InChI=1S/C17H17BrFNO3S/c1-20(12-13-2-4-14(18)5-3-13)17(21)10-11-24(22,23)16-8-6-15(19)7-9-16/h2-9H,10-12H2,1H3. The van der Waals surface area contributed by atoms with Gasteiger partial charge in [0.25, 0.3) is 0 Å². The van der Waals surface area contributed by atoms with Crippen LogP contribution in [0.4, 0.5) is 4.39 Å². The lowest BCUT2D eigenvalue weighted by Crippen LogP contribution is -2.28. The molecule has 0 N–H and O–H groups in total. The third-order valence-electron chi connectivity index (χ3n) is 3.52. The Kier molecular flexibility index (Phi) is 6.12. The Hall–Kier alpha value is -1.73. The molecule has 0 aromatic heterocycles. The summed E-state index contributed by atoms with van der Waals surface area (Å²) in [5, 5.41) is 0. The number of amides is 1. The monoisotopic (exact) mass is 413 g/mol. The number of carbonyl (C=O) groups is 1. The van der Waals surface area contributed by atoms with Crippen molar-refractivity contribution in [2.75, 3.05) is 12.8 Å². The molecular weight excluding hydrogens is 397 g/mol. The molecule has 0 bridgehead atoms. The smallest absolute Gasteiger partial charge is 0.223 e. The summed E-state index contributed by atoms with van der Waals surface area (Å²) in [7, 11) is -1.97. The van der Waals surface area contributed by atoms with Gasteiger partial charge in [0.1, 0.15) is 5.82 Å². The minimum Gasteiger partial charge on any atom is -0.341 e. The molecule has 0 aliphatic rings. The number of halogens is 2. The van der Waals surface area contributed by atoms with E-state index in [2.05, 4.69) is 15.9 Å². The van der Waals surface area contributed by atoms with Crippen molar-refractivity contribution >= 4 is 31.7 Å². The first-order chi connectivity index (χ1) is 11.3. The average Bonchev–Trinajstić information content (AvgIpc) is 2.55. The lowest BCUT2D eigenvalue weighted by molar-refractivity contribution is -0.130. The van der Waals surface area contributed by atoms with Crippen molar-refractivity contribution in [3.05, 3.63) is 64.4 Å². The van der Waals surface area contributed by atoms with Crippen molar-refractivity contribution in [2.24, 2.45) is 0 Å². The largest absolute Gasteiger partial charge is 0.341 e. The van der Waals surface area contributed by atoms with Crippen LogP contribution in [0.3, 0.4) is 0 Å². The highest BCUT2D eigenvalue weighted by molar-refractivity contribution is 9.10. The van der Waals surface area contributed by atoms with Crippen LogP contribution >= 0.6 is 15.9 Å². The topological polar surface area (TPSA) is 54.5 Å². The van der Waals surface area contributed by atoms with Crippen molar-refractivity contribution in [2.45, 2.75) is 17.9 Å². The van der Waals surface area contributed by atoms with Gasteiger partial charge in [0, 0.05) is 24.5 Å². The van der Waals surface area contributed by atoms with Gasteiger partial charge in [-0.3, -0.25) is 4.79 Å². The van der Waals surface area contributed by atoms with Crippen LogP contribution in [0.5, 0.6) is 0 Å². The number of sulfone groups is 1. The minimum atomic E-state index is -3.60. The van der Waals surface area contributed by atoms with Crippen LogP contribution in [-0.2, 0) is 21.2 Å². The van der Waals surface area contributed by atoms with Gasteiger partial charge in [-0.15, -0.1) is 0 Å². The zero-order chi connectivity index (χ0) is 17.7. The molecule has 0 fully saturated rings. The van der Waals surface area contributed by atoms with E-state index in [0.29, 0.717) is 6.54 Å². The van der Waals surface area contributed by atoms with E-state index < -0.39 is 15.7 Å². The number of benzene rings is 2. The van der Waals surface area contributed by atoms with Gasteiger partial charge in [-0.25, -0.2) is 12.8 Å². The summed E-state index contributed by atoms with van der Waals surface area (Å²) >= 11 is 3.34. The number of nitrogens with zero attached hydrogens (tertiary/aromatic N) is 1. The summed E-state index contributed by atoms with van der Waals surface area (Å²) in [5.74, 6) is -1.06. The first-order valence-electron chi connectivity index (χ1n) is 7.25. The Morgan fingerprint density at radius 3 is 2.25 bits per heavy atom. The van der Waals surface area contributed by atoms with Crippen molar-refractivity contribution in [3.63, 3.8) is 0 Å². The van der Waals surface area contributed by atoms with Gasteiger partial charge in [0.2, 0.25) is 5.91 Å². The van der Waals surface area contributed by atoms with Crippen LogP contribution in [0.1, 0.15) is 12.0 Å².